The number of hydrogen-bond donors (Lipinski definition) is 1. The fourth-order valence-corrected chi connectivity index (χ4v) is 3.00. The van der Waals surface area contributed by atoms with E-state index in [0.717, 1.165) is 24.2 Å². The second-order valence-corrected chi connectivity index (χ2v) is 6.18. The SMILES string of the molecule is Cc1nn(C)c(C)c1CCC(=O)N(CCN)CCc1ccccc1. The Kier molecular flexibility index (Phi) is 6.55. The van der Waals surface area contributed by atoms with Gasteiger partial charge in [0, 0.05) is 38.8 Å². The van der Waals surface area contributed by atoms with Crippen LogP contribution in [0, 0.1) is 13.8 Å². The Morgan fingerprint density at radius 2 is 1.88 bits per heavy atom. The summed E-state index contributed by atoms with van der Waals surface area (Å²) < 4.78 is 1.88. The first-order valence-corrected chi connectivity index (χ1v) is 8.53. The maximum Gasteiger partial charge on any atom is 0.222 e. The summed E-state index contributed by atoms with van der Waals surface area (Å²) in [5, 5.41) is 4.42. The Hall–Kier alpha value is -2.14. The van der Waals surface area contributed by atoms with E-state index in [1.165, 1.54) is 11.1 Å². The number of nitrogens with two attached hydrogens (primary N) is 1. The van der Waals surface area contributed by atoms with Crippen molar-refractivity contribution in [1.82, 2.24) is 14.7 Å². The topological polar surface area (TPSA) is 64.2 Å². The van der Waals surface area contributed by atoms with Gasteiger partial charge >= 0.3 is 0 Å². The van der Waals surface area contributed by atoms with E-state index in [-0.39, 0.29) is 5.91 Å². The minimum absolute atomic E-state index is 0.166. The summed E-state index contributed by atoms with van der Waals surface area (Å²) in [4.78, 5) is 14.5. The molecule has 130 valence electrons. The molecule has 2 aromatic rings. The lowest BCUT2D eigenvalue weighted by molar-refractivity contribution is -0.131. The van der Waals surface area contributed by atoms with Gasteiger partial charge in [-0.1, -0.05) is 30.3 Å². The minimum Gasteiger partial charge on any atom is -0.341 e. The van der Waals surface area contributed by atoms with Gasteiger partial charge in [-0.25, -0.2) is 0 Å². The number of rotatable bonds is 8. The number of amides is 1. The van der Waals surface area contributed by atoms with Crippen LogP contribution in [-0.4, -0.2) is 40.2 Å². The summed E-state index contributed by atoms with van der Waals surface area (Å²) in [6.07, 6.45) is 2.09. The van der Waals surface area contributed by atoms with Crippen LogP contribution in [0.5, 0.6) is 0 Å². The highest BCUT2D eigenvalue weighted by molar-refractivity contribution is 5.76. The van der Waals surface area contributed by atoms with Crippen LogP contribution < -0.4 is 5.73 Å². The Morgan fingerprint density at radius 1 is 1.17 bits per heavy atom. The predicted molar refractivity (Wildman–Crippen MR) is 96.8 cm³/mol. The maximum absolute atomic E-state index is 12.6. The van der Waals surface area contributed by atoms with Gasteiger partial charge < -0.3 is 10.6 Å². The van der Waals surface area contributed by atoms with Crippen LogP contribution in [0.2, 0.25) is 0 Å². The fourth-order valence-electron chi connectivity index (χ4n) is 3.00. The van der Waals surface area contributed by atoms with Crippen molar-refractivity contribution in [3.05, 3.63) is 52.8 Å². The first kappa shape index (κ1) is 18.2. The van der Waals surface area contributed by atoms with Gasteiger partial charge in [0.15, 0.2) is 0 Å². The molecule has 1 aromatic carbocycles. The van der Waals surface area contributed by atoms with Crippen LogP contribution in [0.1, 0.15) is 28.9 Å². The molecule has 24 heavy (non-hydrogen) atoms. The van der Waals surface area contributed by atoms with Crippen LogP contribution in [0.25, 0.3) is 0 Å². The monoisotopic (exact) mass is 328 g/mol. The van der Waals surface area contributed by atoms with E-state index in [1.54, 1.807) is 0 Å². The number of benzene rings is 1. The van der Waals surface area contributed by atoms with Crippen molar-refractivity contribution in [3.63, 3.8) is 0 Å². The number of nitrogens with zero attached hydrogens (tertiary/aromatic N) is 3. The molecule has 0 unspecified atom stereocenters. The molecule has 0 atom stereocenters. The molecular weight excluding hydrogens is 300 g/mol. The van der Waals surface area contributed by atoms with Gasteiger partial charge in [-0.05, 0) is 37.8 Å². The average Bonchev–Trinajstić information content (AvgIpc) is 2.82. The zero-order chi connectivity index (χ0) is 17.5. The van der Waals surface area contributed by atoms with Crippen molar-refractivity contribution in [2.45, 2.75) is 33.1 Å². The average molecular weight is 328 g/mol. The van der Waals surface area contributed by atoms with Crippen LogP contribution in [0.4, 0.5) is 0 Å². The highest BCUT2D eigenvalue weighted by atomic mass is 16.2. The predicted octanol–water partition coefficient (Wildman–Crippen LogP) is 2.00. The standard InChI is InChI=1S/C19H28N4O/c1-15-18(16(2)22(3)21-15)9-10-19(24)23(14-12-20)13-11-17-7-5-4-6-8-17/h4-8H,9-14,20H2,1-3H3. The number of carbonyl (C=O) groups is 1. The smallest absolute Gasteiger partial charge is 0.222 e. The molecule has 0 bridgehead atoms. The molecule has 2 rings (SSSR count). The lowest BCUT2D eigenvalue weighted by atomic mass is 10.1. The Balaban J connectivity index is 1.93. The van der Waals surface area contributed by atoms with Crippen LogP contribution in [0.3, 0.4) is 0 Å². The molecule has 0 radical (unpaired) electrons. The molecule has 0 aliphatic carbocycles. The van der Waals surface area contributed by atoms with Crippen molar-refractivity contribution in [2.75, 3.05) is 19.6 Å². The molecule has 0 aliphatic heterocycles. The number of aromatic nitrogens is 2. The van der Waals surface area contributed by atoms with Crippen molar-refractivity contribution in [1.29, 1.82) is 0 Å². The van der Waals surface area contributed by atoms with Crippen LogP contribution in [-0.2, 0) is 24.7 Å². The van der Waals surface area contributed by atoms with Crippen molar-refractivity contribution in [3.8, 4) is 0 Å². The zero-order valence-electron chi connectivity index (χ0n) is 15.0. The Labute approximate surface area is 144 Å². The quantitative estimate of drug-likeness (QED) is 0.806. The third-order valence-electron chi connectivity index (χ3n) is 4.51. The van der Waals surface area contributed by atoms with E-state index < -0.39 is 0 Å². The summed E-state index contributed by atoms with van der Waals surface area (Å²) >= 11 is 0. The number of aryl methyl sites for hydroxylation is 2. The fraction of sp³-hybridized carbons (Fsp3) is 0.474. The molecule has 0 saturated carbocycles. The summed E-state index contributed by atoms with van der Waals surface area (Å²) in [6.45, 7) is 5.86. The van der Waals surface area contributed by atoms with Crippen LogP contribution in [0.15, 0.2) is 30.3 Å². The summed E-state index contributed by atoms with van der Waals surface area (Å²) in [7, 11) is 1.94. The third-order valence-corrected chi connectivity index (χ3v) is 4.51. The molecular formula is C19H28N4O. The lowest BCUT2D eigenvalue weighted by Crippen LogP contribution is -2.37. The van der Waals surface area contributed by atoms with Gasteiger partial charge in [-0.15, -0.1) is 0 Å². The normalized spacial score (nSPS) is 10.8. The largest absolute Gasteiger partial charge is 0.341 e. The van der Waals surface area contributed by atoms with E-state index >= 15 is 0 Å². The minimum atomic E-state index is 0.166. The van der Waals surface area contributed by atoms with E-state index in [0.29, 0.717) is 26.1 Å². The maximum atomic E-state index is 12.6. The first-order chi connectivity index (χ1) is 11.5. The molecule has 0 saturated heterocycles. The van der Waals surface area contributed by atoms with Gasteiger partial charge in [-0.3, -0.25) is 9.48 Å². The highest BCUT2D eigenvalue weighted by Gasteiger charge is 2.16. The molecule has 5 heteroatoms. The summed E-state index contributed by atoms with van der Waals surface area (Å²) in [5.41, 5.74) is 10.3. The van der Waals surface area contributed by atoms with Crippen molar-refractivity contribution < 1.29 is 4.79 Å². The Bertz CT molecular complexity index is 664. The number of carbonyl (C=O) groups excluding carboxylic acids is 1. The molecule has 1 amide bonds. The lowest BCUT2D eigenvalue weighted by Gasteiger charge is -2.22. The van der Waals surface area contributed by atoms with Gasteiger partial charge in [0.05, 0.1) is 5.69 Å². The van der Waals surface area contributed by atoms with E-state index in [4.69, 9.17) is 5.73 Å². The van der Waals surface area contributed by atoms with Crippen molar-refractivity contribution >= 4 is 5.91 Å². The van der Waals surface area contributed by atoms with Gasteiger partial charge in [0.2, 0.25) is 5.91 Å². The molecule has 2 N–H and O–H groups in total. The highest BCUT2D eigenvalue weighted by Crippen LogP contribution is 2.15. The molecule has 1 aromatic heterocycles. The first-order valence-electron chi connectivity index (χ1n) is 8.53. The van der Waals surface area contributed by atoms with Crippen LogP contribution >= 0.6 is 0 Å². The van der Waals surface area contributed by atoms with E-state index in [2.05, 4.69) is 17.2 Å². The second-order valence-electron chi connectivity index (χ2n) is 6.18. The summed E-state index contributed by atoms with van der Waals surface area (Å²) in [6, 6.07) is 10.2. The molecule has 5 nitrogen and oxygen atoms in total. The third kappa shape index (κ3) is 4.68. The number of hydrogen-bond acceptors (Lipinski definition) is 3. The van der Waals surface area contributed by atoms with Crippen molar-refractivity contribution in [2.24, 2.45) is 12.8 Å². The molecule has 0 fully saturated rings. The van der Waals surface area contributed by atoms with E-state index in [1.807, 2.05) is 48.7 Å². The van der Waals surface area contributed by atoms with Gasteiger partial charge in [0.25, 0.3) is 0 Å². The molecule has 0 spiro atoms. The zero-order valence-corrected chi connectivity index (χ0v) is 15.0. The molecule has 1 heterocycles. The second kappa shape index (κ2) is 8.64. The Morgan fingerprint density at radius 3 is 2.46 bits per heavy atom. The summed E-state index contributed by atoms with van der Waals surface area (Å²) in [5.74, 6) is 0.166. The van der Waals surface area contributed by atoms with E-state index in [9.17, 15) is 4.79 Å². The van der Waals surface area contributed by atoms with Gasteiger partial charge in [0.1, 0.15) is 0 Å². The van der Waals surface area contributed by atoms with Gasteiger partial charge in [-0.2, -0.15) is 5.10 Å². The molecule has 0 aliphatic rings.